The minimum absolute atomic E-state index is 0.120. The summed E-state index contributed by atoms with van der Waals surface area (Å²) < 4.78 is 2.04. The quantitative estimate of drug-likeness (QED) is 0.847. The van der Waals surface area contributed by atoms with Crippen molar-refractivity contribution in [2.75, 3.05) is 13.6 Å². The van der Waals surface area contributed by atoms with Crippen LogP contribution in [0.15, 0.2) is 36.4 Å². The van der Waals surface area contributed by atoms with Gasteiger partial charge in [-0.1, -0.05) is 44.2 Å². The molecule has 0 bridgehead atoms. The van der Waals surface area contributed by atoms with Gasteiger partial charge >= 0.3 is 0 Å². The SMILES string of the molecule is CCc1cc(CC(CC)(CNC)c2ccccc2)n(C)n1. The van der Waals surface area contributed by atoms with E-state index in [1.165, 1.54) is 17.0 Å². The summed E-state index contributed by atoms with van der Waals surface area (Å²) in [6, 6.07) is 13.1. The second-order valence-corrected chi connectivity index (χ2v) is 5.81. The molecule has 114 valence electrons. The van der Waals surface area contributed by atoms with Crippen LogP contribution in [-0.4, -0.2) is 23.4 Å². The maximum Gasteiger partial charge on any atom is 0.0624 e. The molecule has 1 aromatic carbocycles. The summed E-state index contributed by atoms with van der Waals surface area (Å²) in [4.78, 5) is 0. The van der Waals surface area contributed by atoms with Crippen LogP contribution in [0, 0.1) is 0 Å². The Morgan fingerprint density at radius 3 is 2.43 bits per heavy atom. The summed E-state index contributed by atoms with van der Waals surface area (Å²) in [6.45, 7) is 5.41. The Labute approximate surface area is 128 Å². The Hall–Kier alpha value is -1.61. The predicted octanol–water partition coefficient (Wildman–Crippen LogP) is 3.09. The van der Waals surface area contributed by atoms with Gasteiger partial charge in [-0.25, -0.2) is 0 Å². The standard InChI is InChI=1S/C18H27N3/c1-5-16-12-17(21(4)20-16)13-18(6-2,14-19-3)15-10-8-7-9-11-15/h7-12,19H,5-6,13-14H2,1-4H3. The summed E-state index contributed by atoms with van der Waals surface area (Å²) in [6.07, 6.45) is 3.10. The van der Waals surface area contributed by atoms with Gasteiger partial charge in [-0.3, -0.25) is 4.68 Å². The van der Waals surface area contributed by atoms with Crippen LogP contribution in [0.25, 0.3) is 0 Å². The Kier molecular flexibility index (Phi) is 5.18. The molecule has 0 fully saturated rings. The van der Waals surface area contributed by atoms with Crippen molar-refractivity contribution in [3.05, 3.63) is 53.3 Å². The minimum Gasteiger partial charge on any atom is -0.319 e. The molecule has 0 aliphatic rings. The van der Waals surface area contributed by atoms with E-state index < -0.39 is 0 Å². The van der Waals surface area contributed by atoms with Gasteiger partial charge in [0.25, 0.3) is 0 Å². The number of nitrogens with zero attached hydrogens (tertiary/aromatic N) is 2. The summed E-state index contributed by atoms with van der Waals surface area (Å²) in [5.74, 6) is 0. The highest BCUT2D eigenvalue weighted by atomic mass is 15.3. The maximum atomic E-state index is 4.60. The van der Waals surface area contributed by atoms with Gasteiger partial charge in [-0.2, -0.15) is 5.10 Å². The first-order valence-electron chi connectivity index (χ1n) is 7.87. The summed E-state index contributed by atoms with van der Waals surface area (Å²) in [5.41, 5.74) is 4.01. The zero-order valence-electron chi connectivity index (χ0n) is 13.7. The molecule has 1 atom stereocenters. The molecule has 21 heavy (non-hydrogen) atoms. The first-order chi connectivity index (χ1) is 10.1. The van der Waals surface area contributed by atoms with E-state index in [4.69, 9.17) is 0 Å². The van der Waals surface area contributed by atoms with Gasteiger partial charge in [0.1, 0.15) is 0 Å². The lowest BCUT2D eigenvalue weighted by molar-refractivity contribution is 0.381. The van der Waals surface area contributed by atoms with Gasteiger partial charge in [0, 0.05) is 31.1 Å². The molecule has 1 N–H and O–H groups in total. The van der Waals surface area contributed by atoms with Crippen molar-refractivity contribution in [3.8, 4) is 0 Å². The highest BCUT2D eigenvalue weighted by Gasteiger charge is 2.31. The molecule has 3 nitrogen and oxygen atoms in total. The zero-order chi connectivity index (χ0) is 15.3. The molecule has 2 rings (SSSR count). The minimum atomic E-state index is 0.120. The smallest absolute Gasteiger partial charge is 0.0624 e. The van der Waals surface area contributed by atoms with Crippen LogP contribution in [0.2, 0.25) is 0 Å². The number of hydrogen-bond acceptors (Lipinski definition) is 2. The predicted molar refractivity (Wildman–Crippen MR) is 88.6 cm³/mol. The summed E-state index contributed by atoms with van der Waals surface area (Å²) in [7, 11) is 4.09. The second-order valence-electron chi connectivity index (χ2n) is 5.81. The molecule has 0 saturated heterocycles. The number of benzene rings is 1. The lowest BCUT2D eigenvalue weighted by Crippen LogP contribution is -2.39. The van der Waals surface area contributed by atoms with E-state index in [1.54, 1.807) is 0 Å². The van der Waals surface area contributed by atoms with E-state index >= 15 is 0 Å². The van der Waals surface area contributed by atoms with E-state index in [2.05, 4.69) is 67.7 Å². The maximum absolute atomic E-state index is 4.60. The van der Waals surface area contributed by atoms with Crippen molar-refractivity contribution in [3.63, 3.8) is 0 Å². The van der Waals surface area contributed by atoms with Crippen molar-refractivity contribution in [2.24, 2.45) is 7.05 Å². The number of rotatable bonds is 7. The molecule has 0 amide bonds. The molecule has 0 saturated carbocycles. The molecule has 1 aromatic heterocycles. The van der Waals surface area contributed by atoms with Gasteiger partial charge in [0.15, 0.2) is 0 Å². The highest BCUT2D eigenvalue weighted by Crippen LogP contribution is 2.31. The molecule has 1 unspecified atom stereocenters. The summed E-state index contributed by atoms with van der Waals surface area (Å²) >= 11 is 0. The monoisotopic (exact) mass is 285 g/mol. The molecule has 1 heterocycles. The molecular formula is C18H27N3. The molecule has 0 aliphatic carbocycles. The van der Waals surface area contributed by atoms with E-state index in [-0.39, 0.29) is 5.41 Å². The first-order valence-corrected chi connectivity index (χ1v) is 7.87. The molecule has 3 heteroatoms. The normalized spacial score (nSPS) is 14.1. The van der Waals surface area contributed by atoms with Crippen molar-refractivity contribution in [2.45, 2.75) is 38.5 Å². The first kappa shape index (κ1) is 15.8. The van der Waals surface area contributed by atoms with Crippen LogP contribution in [-0.2, 0) is 25.3 Å². The van der Waals surface area contributed by atoms with Crippen LogP contribution in [0.3, 0.4) is 0 Å². The van der Waals surface area contributed by atoms with Gasteiger partial charge in [0.2, 0.25) is 0 Å². The number of likely N-dealkylation sites (N-methyl/N-ethyl adjacent to an activating group) is 1. The van der Waals surface area contributed by atoms with Gasteiger partial charge in [-0.15, -0.1) is 0 Å². The van der Waals surface area contributed by atoms with Crippen molar-refractivity contribution in [1.29, 1.82) is 0 Å². The fraction of sp³-hybridized carbons (Fsp3) is 0.500. The third kappa shape index (κ3) is 3.35. The van der Waals surface area contributed by atoms with E-state index in [0.29, 0.717) is 0 Å². The third-order valence-electron chi connectivity index (χ3n) is 4.49. The number of aromatic nitrogens is 2. The van der Waals surface area contributed by atoms with Crippen molar-refractivity contribution < 1.29 is 0 Å². The van der Waals surface area contributed by atoms with Gasteiger partial charge < -0.3 is 5.32 Å². The molecular weight excluding hydrogens is 258 g/mol. The second kappa shape index (κ2) is 6.90. The fourth-order valence-corrected chi connectivity index (χ4v) is 3.11. The van der Waals surface area contributed by atoms with E-state index in [1.807, 2.05) is 11.7 Å². The highest BCUT2D eigenvalue weighted by molar-refractivity contribution is 5.29. The molecule has 0 radical (unpaired) electrons. The van der Waals surface area contributed by atoms with Crippen LogP contribution in [0.4, 0.5) is 0 Å². The van der Waals surface area contributed by atoms with Gasteiger partial charge in [0.05, 0.1) is 5.69 Å². The molecule has 0 spiro atoms. The Morgan fingerprint density at radius 1 is 1.19 bits per heavy atom. The Balaban J connectivity index is 2.38. The summed E-state index contributed by atoms with van der Waals surface area (Å²) in [5, 5.41) is 7.99. The lowest BCUT2D eigenvalue weighted by Gasteiger charge is -2.33. The topological polar surface area (TPSA) is 29.9 Å². The average molecular weight is 285 g/mol. The Bertz CT molecular complexity index is 559. The molecule has 2 aromatic rings. The largest absolute Gasteiger partial charge is 0.319 e. The number of aryl methyl sites for hydroxylation is 2. The van der Waals surface area contributed by atoms with Crippen molar-refractivity contribution >= 4 is 0 Å². The van der Waals surface area contributed by atoms with E-state index in [9.17, 15) is 0 Å². The van der Waals surface area contributed by atoms with Crippen molar-refractivity contribution in [1.82, 2.24) is 15.1 Å². The number of hydrogen-bond donors (Lipinski definition) is 1. The lowest BCUT2D eigenvalue weighted by atomic mass is 9.74. The van der Waals surface area contributed by atoms with Crippen LogP contribution in [0.5, 0.6) is 0 Å². The Morgan fingerprint density at radius 2 is 1.90 bits per heavy atom. The fourth-order valence-electron chi connectivity index (χ4n) is 3.11. The third-order valence-corrected chi connectivity index (χ3v) is 4.49. The molecule has 0 aliphatic heterocycles. The van der Waals surface area contributed by atoms with E-state index in [0.717, 1.165) is 25.8 Å². The van der Waals surface area contributed by atoms with Crippen LogP contribution < -0.4 is 5.32 Å². The average Bonchev–Trinajstić information content (AvgIpc) is 2.87. The van der Waals surface area contributed by atoms with Crippen LogP contribution in [0.1, 0.15) is 37.2 Å². The zero-order valence-corrected chi connectivity index (χ0v) is 13.7. The number of nitrogens with one attached hydrogen (secondary N) is 1. The van der Waals surface area contributed by atoms with Gasteiger partial charge in [-0.05, 0) is 31.5 Å². The van der Waals surface area contributed by atoms with Crippen LogP contribution >= 0.6 is 0 Å².